The minimum Gasteiger partial charge on any atom is -0.478 e. The Bertz CT molecular complexity index is 594. The van der Waals surface area contributed by atoms with E-state index in [-0.39, 0.29) is 0 Å². The largest absolute Gasteiger partial charge is 0.478 e. The number of hydrogen-bond donors (Lipinski definition) is 5. The van der Waals surface area contributed by atoms with Crippen LogP contribution in [0, 0.1) is 0 Å². The second-order valence-corrected chi connectivity index (χ2v) is 3.34. The number of hydrogen-bond acceptors (Lipinski definition) is 5. The molecular formula is C10H8N2O7. The molecule has 0 unspecified atom stereocenters. The van der Waals surface area contributed by atoms with Crippen LogP contribution in [0.25, 0.3) is 0 Å². The van der Waals surface area contributed by atoms with Gasteiger partial charge in [-0.15, -0.1) is 0 Å². The molecule has 0 saturated heterocycles. The number of carboxylic acid groups (broad SMARTS) is 3. The van der Waals surface area contributed by atoms with Crippen molar-refractivity contribution in [2.24, 2.45) is 5.84 Å². The smallest absolute Gasteiger partial charge is 0.337 e. The third-order valence-corrected chi connectivity index (χ3v) is 2.21. The van der Waals surface area contributed by atoms with Crippen LogP contribution in [0.5, 0.6) is 0 Å². The van der Waals surface area contributed by atoms with E-state index < -0.39 is 46.1 Å². The molecule has 0 bridgehead atoms. The minimum atomic E-state index is -1.69. The van der Waals surface area contributed by atoms with Gasteiger partial charge >= 0.3 is 17.9 Å². The first-order valence-corrected chi connectivity index (χ1v) is 4.68. The van der Waals surface area contributed by atoms with Crippen LogP contribution in [0.2, 0.25) is 0 Å². The molecule has 0 heterocycles. The monoisotopic (exact) mass is 268 g/mol. The second-order valence-electron chi connectivity index (χ2n) is 3.34. The first-order valence-electron chi connectivity index (χ1n) is 4.68. The Labute approximate surface area is 105 Å². The van der Waals surface area contributed by atoms with Crippen molar-refractivity contribution in [1.29, 1.82) is 0 Å². The maximum absolute atomic E-state index is 11.4. The van der Waals surface area contributed by atoms with Crippen LogP contribution in [-0.4, -0.2) is 39.1 Å². The topological polar surface area (TPSA) is 167 Å². The van der Waals surface area contributed by atoms with E-state index in [9.17, 15) is 19.2 Å². The van der Waals surface area contributed by atoms with Crippen LogP contribution >= 0.6 is 0 Å². The summed E-state index contributed by atoms with van der Waals surface area (Å²) in [6, 6.07) is 1.39. The molecule has 6 N–H and O–H groups in total. The molecular weight excluding hydrogens is 260 g/mol. The molecule has 1 rings (SSSR count). The molecule has 1 aromatic carbocycles. The summed E-state index contributed by atoms with van der Waals surface area (Å²) >= 11 is 0. The van der Waals surface area contributed by atoms with Crippen LogP contribution < -0.4 is 11.3 Å². The quantitative estimate of drug-likeness (QED) is 0.273. The van der Waals surface area contributed by atoms with E-state index in [4.69, 9.17) is 21.2 Å². The fourth-order valence-corrected chi connectivity index (χ4v) is 1.42. The summed E-state index contributed by atoms with van der Waals surface area (Å²) in [7, 11) is 0. The molecule has 1 aromatic rings. The third kappa shape index (κ3) is 2.66. The SMILES string of the molecule is NNC(=O)c1cc(C(=O)O)cc(C(=O)O)c1C(=O)O. The van der Waals surface area contributed by atoms with Gasteiger partial charge in [0, 0.05) is 0 Å². The molecule has 0 aliphatic rings. The van der Waals surface area contributed by atoms with E-state index in [1.165, 1.54) is 0 Å². The lowest BCUT2D eigenvalue weighted by Gasteiger charge is -2.09. The molecule has 0 spiro atoms. The molecule has 0 saturated carbocycles. The summed E-state index contributed by atoms with van der Waals surface area (Å²) in [5, 5.41) is 26.6. The van der Waals surface area contributed by atoms with Crippen molar-refractivity contribution in [2.45, 2.75) is 0 Å². The number of hydrazine groups is 1. The lowest BCUT2D eigenvalue weighted by molar-refractivity contribution is 0.0646. The minimum absolute atomic E-state index is 0.541. The van der Waals surface area contributed by atoms with Crippen LogP contribution in [0.3, 0.4) is 0 Å². The van der Waals surface area contributed by atoms with Gasteiger partial charge in [0.25, 0.3) is 5.91 Å². The van der Waals surface area contributed by atoms with Gasteiger partial charge in [-0.05, 0) is 12.1 Å². The Kier molecular flexibility index (Phi) is 3.82. The summed E-state index contributed by atoms with van der Waals surface area (Å²) in [6.07, 6.45) is 0. The second kappa shape index (κ2) is 5.14. The number of carbonyl (C=O) groups excluding carboxylic acids is 1. The number of nitrogens with two attached hydrogens (primary N) is 1. The number of rotatable bonds is 4. The predicted octanol–water partition coefficient (Wildman–Crippen LogP) is -0.615. The van der Waals surface area contributed by atoms with Crippen LogP contribution in [0.15, 0.2) is 12.1 Å². The highest BCUT2D eigenvalue weighted by atomic mass is 16.4. The van der Waals surface area contributed by atoms with Gasteiger partial charge in [0.15, 0.2) is 0 Å². The standard InChI is InChI=1S/C10H8N2O7/c11-12-7(13)4-1-3(8(14)15)2-5(9(16)17)6(4)10(18)19/h1-2H,11H2,(H,12,13)(H,14,15)(H,16,17)(H,18,19). The maximum atomic E-state index is 11.4. The highest BCUT2D eigenvalue weighted by Crippen LogP contribution is 2.19. The van der Waals surface area contributed by atoms with Crippen LogP contribution in [0.4, 0.5) is 0 Å². The molecule has 0 aromatic heterocycles. The Morgan fingerprint density at radius 3 is 1.79 bits per heavy atom. The number of benzene rings is 1. The summed E-state index contributed by atoms with van der Waals surface area (Å²) in [5.74, 6) is -1.14. The fraction of sp³-hybridized carbons (Fsp3) is 0. The van der Waals surface area contributed by atoms with Crippen molar-refractivity contribution in [1.82, 2.24) is 5.43 Å². The van der Waals surface area contributed by atoms with E-state index in [2.05, 4.69) is 0 Å². The molecule has 1 amide bonds. The Hall–Kier alpha value is -2.94. The lowest BCUT2D eigenvalue weighted by atomic mass is 9.97. The summed E-state index contributed by atoms with van der Waals surface area (Å²) in [4.78, 5) is 44.2. The van der Waals surface area contributed by atoms with E-state index >= 15 is 0 Å². The molecule has 0 fully saturated rings. The summed E-state index contributed by atoms with van der Waals surface area (Å²) in [5.41, 5.74) is -1.21. The van der Waals surface area contributed by atoms with Gasteiger partial charge in [0.2, 0.25) is 0 Å². The average molecular weight is 268 g/mol. The van der Waals surface area contributed by atoms with E-state index in [0.29, 0.717) is 6.07 Å². The van der Waals surface area contributed by atoms with E-state index in [1.807, 2.05) is 0 Å². The van der Waals surface area contributed by atoms with Crippen molar-refractivity contribution in [3.05, 3.63) is 34.4 Å². The molecule has 9 heteroatoms. The molecule has 9 nitrogen and oxygen atoms in total. The zero-order valence-electron chi connectivity index (χ0n) is 9.21. The van der Waals surface area contributed by atoms with Crippen molar-refractivity contribution in [3.63, 3.8) is 0 Å². The molecule has 100 valence electrons. The number of amides is 1. The predicted molar refractivity (Wildman–Crippen MR) is 59.0 cm³/mol. The lowest BCUT2D eigenvalue weighted by Crippen LogP contribution is -2.32. The van der Waals surface area contributed by atoms with Gasteiger partial charge in [-0.1, -0.05) is 0 Å². The van der Waals surface area contributed by atoms with Gasteiger partial charge in [-0.25, -0.2) is 20.2 Å². The number of nitrogen functional groups attached to an aromatic ring is 1. The van der Waals surface area contributed by atoms with Crippen molar-refractivity contribution in [3.8, 4) is 0 Å². The highest BCUT2D eigenvalue weighted by molar-refractivity contribution is 6.12. The number of aromatic carboxylic acids is 3. The molecule has 19 heavy (non-hydrogen) atoms. The maximum Gasteiger partial charge on any atom is 0.337 e. The van der Waals surface area contributed by atoms with E-state index in [1.54, 1.807) is 5.43 Å². The Morgan fingerprint density at radius 1 is 0.895 bits per heavy atom. The summed E-state index contributed by atoms with van der Waals surface area (Å²) < 4.78 is 0. The first kappa shape index (κ1) is 14.1. The first-order chi connectivity index (χ1) is 8.79. The molecule has 0 aliphatic carbocycles. The zero-order chi connectivity index (χ0) is 14.7. The Morgan fingerprint density at radius 2 is 1.42 bits per heavy atom. The van der Waals surface area contributed by atoms with Crippen molar-refractivity contribution < 1.29 is 34.5 Å². The highest BCUT2D eigenvalue weighted by Gasteiger charge is 2.26. The van der Waals surface area contributed by atoms with Crippen LogP contribution in [-0.2, 0) is 0 Å². The third-order valence-electron chi connectivity index (χ3n) is 2.21. The fourth-order valence-electron chi connectivity index (χ4n) is 1.42. The zero-order valence-corrected chi connectivity index (χ0v) is 9.21. The van der Waals surface area contributed by atoms with Crippen molar-refractivity contribution in [2.75, 3.05) is 0 Å². The van der Waals surface area contributed by atoms with Crippen molar-refractivity contribution >= 4 is 23.8 Å². The van der Waals surface area contributed by atoms with Crippen LogP contribution in [0.1, 0.15) is 41.4 Å². The Balaban J connectivity index is 3.75. The number of nitrogens with one attached hydrogen (secondary N) is 1. The number of carboxylic acids is 3. The van der Waals surface area contributed by atoms with Gasteiger partial charge < -0.3 is 15.3 Å². The average Bonchev–Trinajstić information content (AvgIpc) is 2.35. The normalized spacial score (nSPS) is 9.74. The van der Waals surface area contributed by atoms with Gasteiger partial charge in [-0.2, -0.15) is 0 Å². The van der Waals surface area contributed by atoms with Gasteiger partial charge in [0.1, 0.15) is 0 Å². The van der Waals surface area contributed by atoms with Gasteiger partial charge in [0.05, 0.1) is 22.3 Å². The van der Waals surface area contributed by atoms with E-state index in [0.717, 1.165) is 6.07 Å². The molecule has 0 atom stereocenters. The molecule has 0 aliphatic heterocycles. The molecule has 0 radical (unpaired) electrons. The number of carbonyl (C=O) groups is 4. The summed E-state index contributed by atoms with van der Waals surface area (Å²) in [6.45, 7) is 0. The van der Waals surface area contributed by atoms with Gasteiger partial charge in [-0.3, -0.25) is 10.2 Å².